The molecule has 3 aromatic heterocycles. The van der Waals surface area contributed by atoms with Crippen molar-refractivity contribution in [2.45, 2.75) is 31.9 Å². The maximum absolute atomic E-state index is 13.2. The van der Waals surface area contributed by atoms with Crippen molar-refractivity contribution in [2.24, 2.45) is 0 Å². The number of amides is 1. The van der Waals surface area contributed by atoms with Gasteiger partial charge in [-0.3, -0.25) is 14.8 Å². The average Bonchev–Trinajstić information content (AvgIpc) is 3.32. The average molecular weight is 627 g/mol. The standard InChI is InChI=1S/C24H21F3IN5O4/c1-23(2,24(25,26)27)20-9-21(33-37-20)32-22(34)8-14-13(28)5-12(10-29-14)17-11-30-15-6-18(35-3)19(36-4)7-16(15)31-17/h5-7,9-11H,8H2,1-4H3,(H,32,33,34). The first kappa shape index (κ1) is 26.6. The Kier molecular flexibility index (Phi) is 7.26. The van der Waals surface area contributed by atoms with Gasteiger partial charge in [0.1, 0.15) is 5.41 Å². The number of methoxy groups -OCH3 is 2. The molecule has 0 spiro atoms. The van der Waals surface area contributed by atoms with Crippen molar-refractivity contribution in [1.29, 1.82) is 0 Å². The monoisotopic (exact) mass is 627 g/mol. The van der Waals surface area contributed by atoms with Crippen LogP contribution in [0.1, 0.15) is 25.3 Å². The molecule has 0 aliphatic rings. The number of halogens is 4. The molecule has 0 radical (unpaired) electrons. The molecule has 0 aliphatic carbocycles. The third kappa shape index (κ3) is 5.45. The predicted octanol–water partition coefficient (Wildman–Crippen LogP) is 5.32. The molecule has 9 nitrogen and oxygen atoms in total. The van der Waals surface area contributed by atoms with Crippen LogP contribution in [0.5, 0.6) is 11.5 Å². The first-order chi connectivity index (χ1) is 17.4. The van der Waals surface area contributed by atoms with E-state index >= 15 is 0 Å². The van der Waals surface area contributed by atoms with Gasteiger partial charge in [-0.2, -0.15) is 13.2 Å². The Balaban J connectivity index is 1.49. The number of nitrogens with one attached hydrogen (secondary N) is 1. The zero-order chi connectivity index (χ0) is 27.0. The van der Waals surface area contributed by atoms with Crippen molar-refractivity contribution >= 4 is 45.3 Å². The number of ether oxygens (including phenoxy) is 2. The highest BCUT2D eigenvalue weighted by atomic mass is 127. The first-order valence-corrected chi connectivity index (χ1v) is 11.9. The predicted molar refractivity (Wildman–Crippen MR) is 137 cm³/mol. The molecular weight excluding hydrogens is 606 g/mol. The minimum absolute atomic E-state index is 0.109. The molecule has 194 valence electrons. The zero-order valence-electron chi connectivity index (χ0n) is 20.1. The summed E-state index contributed by atoms with van der Waals surface area (Å²) in [7, 11) is 3.07. The molecule has 37 heavy (non-hydrogen) atoms. The van der Waals surface area contributed by atoms with Gasteiger partial charge in [0, 0.05) is 33.5 Å². The molecule has 0 aliphatic heterocycles. The van der Waals surface area contributed by atoms with E-state index in [-0.39, 0.29) is 12.2 Å². The Labute approximate surface area is 222 Å². The number of nitrogens with zero attached hydrogens (tertiary/aromatic N) is 4. The lowest BCUT2D eigenvalue weighted by Gasteiger charge is -2.24. The highest BCUT2D eigenvalue weighted by Crippen LogP contribution is 2.41. The molecule has 4 rings (SSSR count). The number of carbonyl (C=O) groups excluding carboxylic acids is 1. The Hall–Kier alpha value is -3.49. The summed E-state index contributed by atoms with van der Waals surface area (Å²) in [6.45, 7) is 1.94. The number of hydrogen-bond acceptors (Lipinski definition) is 8. The summed E-state index contributed by atoms with van der Waals surface area (Å²) in [4.78, 5) is 26.0. The Morgan fingerprint density at radius 3 is 2.32 bits per heavy atom. The Morgan fingerprint density at radius 1 is 1.03 bits per heavy atom. The topological polar surface area (TPSA) is 112 Å². The maximum Gasteiger partial charge on any atom is 0.401 e. The van der Waals surface area contributed by atoms with Gasteiger partial charge in [-0.1, -0.05) is 5.16 Å². The number of benzene rings is 1. The van der Waals surface area contributed by atoms with Gasteiger partial charge in [0.05, 0.1) is 49.3 Å². The van der Waals surface area contributed by atoms with E-state index in [1.807, 2.05) is 6.07 Å². The van der Waals surface area contributed by atoms with Crippen LogP contribution in [0.2, 0.25) is 0 Å². The third-order valence-electron chi connectivity index (χ3n) is 5.69. The quantitative estimate of drug-likeness (QED) is 0.274. The summed E-state index contributed by atoms with van der Waals surface area (Å²) in [5.74, 6) is 0.0512. The highest BCUT2D eigenvalue weighted by molar-refractivity contribution is 14.1. The molecule has 13 heteroatoms. The van der Waals surface area contributed by atoms with Gasteiger partial charge < -0.3 is 19.3 Å². The molecule has 0 saturated heterocycles. The van der Waals surface area contributed by atoms with Crippen LogP contribution in [-0.2, 0) is 16.6 Å². The van der Waals surface area contributed by atoms with E-state index in [4.69, 9.17) is 14.0 Å². The van der Waals surface area contributed by atoms with Gasteiger partial charge >= 0.3 is 6.18 Å². The first-order valence-electron chi connectivity index (χ1n) is 10.8. The van der Waals surface area contributed by atoms with Gasteiger partial charge in [0.2, 0.25) is 5.91 Å². The van der Waals surface area contributed by atoms with Gasteiger partial charge in [0.25, 0.3) is 0 Å². The van der Waals surface area contributed by atoms with Crippen molar-refractivity contribution in [3.63, 3.8) is 0 Å². The lowest BCUT2D eigenvalue weighted by molar-refractivity contribution is -0.185. The molecule has 1 amide bonds. The van der Waals surface area contributed by atoms with Crippen molar-refractivity contribution < 1.29 is 32.0 Å². The summed E-state index contributed by atoms with van der Waals surface area (Å²) >= 11 is 2.05. The summed E-state index contributed by atoms with van der Waals surface area (Å²) in [6.07, 6.45) is -1.48. The number of aromatic nitrogens is 4. The molecule has 1 aromatic carbocycles. The molecule has 0 atom stereocenters. The second kappa shape index (κ2) is 10.1. The highest BCUT2D eigenvalue weighted by Gasteiger charge is 2.51. The summed E-state index contributed by atoms with van der Waals surface area (Å²) in [5, 5.41) is 5.99. The fraction of sp³-hybridized carbons (Fsp3) is 0.292. The smallest absolute Gasteiger partial charge is 0.401 e. The van der Waals surface area contributed by atoms with Crippen LogP contribution in [0.4, 0.5) is 19.0 Å². The molecule has 0 saturated carbocycles. The van der Waals surface area contributed by atoms with Crippen LogP contribution in [0.15, 0.2) is 41.2 Å². The Bertz CT molecular complexity index is 1470. The normalized spacial score (nSPS) is 12.0. The van der Waals surface area contributed by atoms with Crippen molar-refractivity contribution in [3.05, 3.63) is 51.7 Å². The van der Waals surface area contributed by atoms with Crippen LogP contribution in [0, 0.1) is 3.57 Å². The van der Waals surface area contributed by atoms with E-state index in [1.165, 1.54) is 7.11 Å². The molecule has 3 heterocycles. The van der Waals surface area contributed by atoms with Crippen LogP contribution in [0.25, 0.3) is 22.3 Å². The fourth-order valence-electron chi connectivity index (χ4n) is 3.32. The molecule has 4 aromatic rings. The van der Waals surface area contributed by atoms with Crippen molar-refractivity contribution in [1.82, 2.24) is 20.1 Å². The van der Waals surface area contributed by atoms with E-state index in [0.717, 1.165) is 19.9 Å². The largest absolute Gasteiger partial charge is 0.493 e. The number of carbonyl (C=O) groups is 1. The Morgan fingerprint density at radius 2 is 1.70 bits per heavy atom. The number of fused-ring (bicyclic) bond motifs is 1. The van der Waals surface area contributed by atoms with E-state index in [2.05, 4.69) is 48.0 Å². The number of pyridine rings is 1. The van der Waals surface area contributed by atoms with Gasteiger partial charge in [-0.15, -0.1) is 0 Å². The van der Waals surface area contributed by atoms with Crippen LogP contribution in [0.3, 0.4) is 0 Å². The minimum Gasteiger partial charge on any atom is -0.493 e. The lowest BCUT2D eigenvalue weighted by atomic mass is 9.89. The summed E-state index contributed by atoms with van der Waals surface area (Å²) in [5.41, 5.74) is 0.720. The van der Waals surface area contributed by atoms with Crippen molar-refractivity contribution in [2.75, 3.05) is 19.5 Å². The van der Waals surface area contributed by atoms with Crippen LogP contribution in [-0.4, -0.2) is 46.4 Å². The van der Waals surface area contributed by atoms with E-state index in [1.54, 1.807) is 31.6 Å². The maximum atomic E-state index is 13.2. The second-order valence-corrected chi connectivity index (χ2v) is 9.69. The van der Waals surface area contributed by atoms with E-state index in [9.17, 15) is 18.0 Å². The van der Waals surface area contributed by atoms with Gasteiger partial charge in [-0.05, 0) is 42.5 Å². The molecule has 1 N–H and O–H groups in total. The molecule has 0 bridgehead atoms. The minimum atomic E-state index is -4.54. The summed E-state index contributed by atoms with van der Waals surface area (Å²) < 4.78 is 55.8. The van der Waals surface area contributed by atoms with E-state index in [0.29, 0.717) is 43.1 Å². The van der Waals surface area contributed by atoms with Crippen LogP contribution < -0.4 is 14.8 Å². The summed E-state index contributed by atoms with van der Waals surface area (Å²) in [6, 6.07) is 6.34. The van der Waals surface area contributed by atoms with E-state index < -0.39 is 23.3 Å². The number of anilines is 1. The number of alkyl halides is 3. The fourth-order valence-corrected chi connectivity index (χ4v) is 3.99. The third-order valence-corrected chi connectivity index (χ3v) is 6.63. The number of rotatable bonds is 7. The van der Waals surface area contributed by atoms with Gasteiger partial charge in [-0.25, -0.2) is 4.98 Å². The lowest BCUT2D eigenvalue weighted by Crippen LogP contribution is -2.35. The van der Waals surface area contributed by atoms with Crippen LogP contribution >= 0.6 is 22.6 Å². The second-order valence-electron chi connectivity index (χ2n) is 8.53. The van der Waals surface area contributed by atoms with Gasteiger partial charge in [0.15, 0.2) is 23.1 Å². The molecule has 0 fully saturated rings. The van der Waals surface area contributed by atoms with Crippen molar-refractivity contribution in [3.8, 4) is 22.8 Å². The molecule has 0 unspecified atom stereocenters. The number of hydrogen-bond donors (Lipinski definition) is 1. The zero-order valence-corrected chi connectivity index (χ0v) is 22.3. The SMILES string of the molecule is COc1cc2ncc(-c3cnc(CC(=O)Nc4cc(C(C)(C)C(F)(F)F)on4)c(I)c3)nc2cc1OC. The molecular formula is C24H21F3IN5O4.